The molecule has 0 bridgehead atoms. The molecule has 1 N–H and O–H groups in total. The van der Waals surface area contributed by atoms with E-state index in [-0.39, 0.29) is 12.2 Å². The Kier molecular flexibility index (Phi) is 3.88. The topological polar surface area (TPSA) is 55.1 Å². The van der Waals surface area contributed by atoms with E-state index in [1.807, 2.05) is 13.8 Å². The summed E-state index contributed by atoms with van der Waals surface area (Å²) in [6, 6.07) is 4.95. The normalized spacial score (nSPS) is 10.8. The lowest BCUT2D eigenvalue weighted by Crippen LogP contribution is -2.02. The van der Waals surface area contributed by atoms with Gasteiger partial charge >= 0.3 is 5.97 Å². The Balaban J connectivity index is 2.40. The second-order valence-electron chi connectivity index (χ2n) is 4.89. The minimum atomic E-state index is -0.835. The maximum atomic E-state index is 13.6. The van der Waals surface area contributed by atoms with Crippen LogP contribution in [0.1, 0.15) is 28.9 Å². The van der Waals surface area contributed by atoms with E-state index >= 15 is 0 Å². The largest absolute Gasteiger partial charge is 0.481 e. The molecule has 0 unspecified atom stereocenters. The van der Waals surface area contributed by atoms with Crippen LogP contribution in [0.25, 0.3) is 5.69 Å². The highest BCUT2D eigenvalue weighted by Crippen LogP contribution is 2.20. The highest BCUT2D eigenvalue weighted by molar-refractivity contribution is 5.67. The molecule has 0 spiro atoms. The van der Waals surface area contributed by atoms with E-state index in [0.29, 0.717) is 17.7 Å². The number of hydrogen-bond acceptors (Lipinski definition) is 2. The fourth-order valence-electron chi connectivity index (χ4n) is 2.23. The molecule has 20 heavy (non-hydrogen) atoms. The molecule has 2 aromatic rings. The van der Waals surface area contributed by atoms with Crippen molar-refractivity contribution in [2.45, 2.75) is 33.6 Å². The van der Waals surface area contributed by atoms with Crippen LogP contribution in [-0.2, 0) is 11.2 Å². The molecule has 0 aliphatic heterocycles. The number of carbonyl (C=O) groups is 1. The number of aromatic nitrogens is 2. The fourth-order valence-corrected chi connectivity index (χ4v) is 2.23. The number of carboxylic acids is 1. The summed E-state index contributed by atoms with van der Waals surface area (Å²) in [7, 11) is 0. The van der Waals surface area contributed by atoms with Crippen LogP contribution < -0.4 is 0 Å². The van der Waals surface area contributed by atoms with E-state index in [1.54, 1.807) is 23.7 Å². The molecular formula is C15H17FN2O2. The van der Waals surface area contributed by atoms with Crippen LogP contribution in [0.15, 0.2) is 18.2 Å². The third-order valence-corrected chi connectivity index (χ3v) is 3.43. The minimum Gasteiger partial charge on any atom is -0.481 e. The zero-order valence-corrected chi connectivity index (χ0v) is 11.8. The van der Waals surface area contributed by atoms with E-state index in [9.17, 15) is 9.18 Å². The first-order valence-electron chi connectivity index (χ1n) is 6.43. The summed E-state index contributed by atoms with van der Waals surface area (Å²) < 4.78 is 15.3. The van der Waals surface area contributed by atoms with Crippen LogP contribution >= 0.6 is 0 Å². The number of hydrogen-bond donors (Lipinski definition) is 1. The van der Waals surface area contributed by atoms with Gasteiger partial charge in [0, 0.05) is 12.1 Å². The average Bonchev–Trinajstić information content (AvgIpc) is 2.66. The lowest BCUT2D eigenvalue weighted by atomic mass is 10.1. The van der Waals surface area contributed by atoms with Crippen LogP contribution in [-0.4, -0.2) is 20.9 Å². The Morgan fingerprint density at radius 2 is 2.05 bits per heavy atom. The second-order valence-corrected chi connectivity index (χ2v) is 4.89. The minimum absolute atomic E-state index is 0.0651. The molecule has 0 radical (unpaired) electrons. The molecule has 0 saturated carbocycles. The molecule has 0 amide bonds. The lowest BCUT2D eigenvalue weighted by molar-refractivity contribution is -0.136. The average molecular weight is 276 g/mol. The summed E-state index contributed by atoms with van der Waals surface area (Å²) in [4.78, 5) is 10.7. The van der Waals surface area contributed by atoms with Gasteiger partial charge in [-0.15, -0.1) is 0 Å². The lowest BCUT2D eigenvalue weighted by Gasteiger charge is -2.06. The molecule has 5 heteroatoms. The Bertz CT molecular complexity index is 662. The van der Waals surface area contributed by atoms with Gasteiger partial charge in [0.1, 0.15) is 5.82 Å². The number of halogens is 1. The summed E-state index contributed by atoms with van der Waals surface area (Å²) in [5.74, 6) is -1.11. The standard InChI is InChI=1S/C15H17FN2O2/c1-9-4-5-12(8-14(9)16)18-11(3)13(10(2)17-18)6-7-15(19)20/h4-5,8H,6-7H2,1-3H3,(H,19,20). The van der Waals surface area contributed by atoms with Gasteiger partial charge in [-0.3, -0.25) is 4.79 Å². The van der Waals surface area contributed by atoms with Gasteiger partial charge in [-0.05, 0) is 50.5 Å². The monoisotopic (exact) mass is 276 g/mol. The molecule has 0 atom stereocenters. The molecule has 2 rings (SSSR count). The molecular weight excluding hydrogens is 259 g/mol. The van der Waals surface area contributed by atoms with E-state index in [1.165, 1.54) is 6.07 Å². The number of aliphatic carboxylic acids is 1. The maximum absolute atomic E-state index is 13.6. The molecule has 0 saturated heterocycles. The molecule has 0 aliphatic rings. The van der Waals surface area contributed by atoms with Gasteiger partial charge in [0.05, 0.1) is 11.4 Å². The van der Waals surface area contributed by atoms with E-state index in [2.05, 4.69) is 5.10 Å². The zero-order chi connectivity index (χ0) is 14.9. The van der Waals surface area contributed by atoms with Crippen molar-refractivity contribution in [3.8, 4) is 5.69 Å². The molecule has 1 aromatic heterocycles. The summed E-state index contributed by atoms with van der Waals surface area (Å²) in [5, 5.41) is 13.2. The van der Waals surface area contributed by atoms with Gasteiger partial charge < -0.3 is 5.11 Å². The van der Waals surface area contributed by atoms with Gasteiger partial charge in [0.25, 0.3) is 0 Å². The van der Waals surface area contributed by atoms with Crippen LogP contribution in [0, 0.1) is 26.6 Å². The van der Waals surface area contributed by atoms with Gasteiger partial charge in [0.2, 0.25) is 0 Å². The Morgan fingerprint density at radius 3 is 2.65 bits per heavy atom. The highest BCUT2D eigenvalue weighted by Gasteiger charge is 2.14. The first-order chi connectivity index (χ1) is 9.40. The van der Waals surface area contributed by atoms with Gasteiger partial charge in [-0.2, -0.15) is 5.10 Å². The third kappa shape index (κ3) is 2.71. The molecule has 4 nitrogen and oxygen atoms in total. The Morgan fingerprint density at radius 1 is 1.35 bits per heavy atom. The molecule has 0 aliphatic carbocycles. The van der Waals surface area contributed by atoms with Crippen molar-refractivity contribution in [1.29, 1.82) is 0 Å². The van der Waals surface area contributed by atoms with Crippen molar-refractivity contribution < 1.29 is 14.3 Å². The van der Waals surface area contributed by atoms with E-state index in [4.69, 9.17) is 5.11 Å². The summed E-state index contributed by atoms with van der Waals surface area (Å²) in [5.41, 5.74) is 3.78. The van der Waals surface area contributed by atoms with Crippen molar-refractivity contribution in [3.05, 3.63) is 46.5 Å². The smallest absolute Gasteiger partial charge is 0.303 e. The first-order valence-corrected chi connectivity index (χ1v) is 6.43. The molecule has 1 aromatic carbocycles. The maximum Gasteiger partial charge on any atom is 0.303 e. The second kappa shape index (κ2) is 5.45. The van der Waals surface area contributed by atoms with Crippen LogP contribution in [0.4, 0.5) is 4.39 Å². The SMILES string of the molecule is Cc1ccc(-n2nc(C)c(CCC(=O)O)c2C)cc1F. The first kappa shape index (κ1) is 14.2. The number of aryl methyl sites for hydroxylation is 2. The van der Waals surface area contributed by atoms with E-state index < -0.39 is 5.97 Å². The van der Waals surface area contributed by atoms with Gasteiger partial charge in [-0.25, -0.2) is 9.07 Å². The summed E-state index contributed by atoms with van der Waals surface area (Å²) in [6.45, 7) is 5.42. The zero-order valence-electron chi connectivity index (χ0n) is 11.8. The number of rotatable bonds is 4. The highest BCUT2D eigenvalue weighted by atomic mass is 19.1. The Labute approximate surface area is 116 Å². The predicted octanol–water partition coefficient (Wildman–Crippen LogP) is 2.95. The number of carboxylic acid groups (broad SMARTS) is 1. The quantitative estimate of drug-likeness (QED) is 0.934. The van der Waals surface area contributed by atoms with Crippen LogP contribution in [0.3, 0.4) is 0 Å². The van der Waals surface area contributed by atoms with Crippen molar-refractivity contribution >= 4 is 5.97 Å². The molecule has 0 fully saturated rings. The Hall–Kier alpha value is -2.17. The van der Waals surface area contributed by atoms with Crippen molar-refractivity contribution in [3.63, 3.8) is 0 Å². The van der Waals surface area contributed by atoms with Crippen molar-refractivity contribution in [2.75, 3.05) is 0 Å². The van der Waals surface area contributed by atoms with Crippen LogP contribution in [0.5, 0.6) is 0 Å². The van der Waals surface area contributed by atoms with Crippen molar-refractivity contribution in [1.82, 2.24) is 9.78 Å². The van der Waals surface area contributed by atoms with Crippen LogP contribution in [0.2, 0.25) is 0 Å². The fraction of sp³-hybridized carbons (Fsp3) is 0.333. The van der Waals surface area contributed by atoms with Gasteiger partial charge in [0.15, 0.2) is 0 Å². The number of benzene rings is 1. The van der Waals surface area contributed by atoms with Gasteiger partial charge in [-0.1, -0.05) is 6.07 Å². The molecule has 1 heterocycles. The summed E-state index contributed by atoms with van der Waals surface area (Å²) >= 11 is 0. The third-order valence-electron chi connectivity index (χ3n) is 3.43. The predicted molar refractivity (Wildman–Crippen MR) is 73.7 cm³/mol. The number of nitrogens with zero attached hydrogens (tertiary/aromatic N) is 2. The van der Waals surface area contributed by atoms with E-state index in [0.717, 1.165) is 17.0 Å². The molecule has 106 valence electrons. The summed E-state index contributed by atoms with van der Waals surface area (Å²) in [6.07, 6.45) is 0.497. The van der Waals surface area contributed by atoms with Crippen molar-refractivity contribution in [2.24, 2.45) is 0 Å².